The number of anilines is 2. The van der Waals surface area contributed by atoms with Gasteiger partial charge in [-0.05, 0) is 104 Å². The monoisotopic (exact) mass is 578 g/mol. The van der Waals surface area contributed by atoms with Crippen molar-refractivity contribution in [3.05, 3.63) is 95.8 Å². The van der Waals surface area contributed by atoms with Gasteiger partial charge in [0, 0.05) is 50.0 Å². The summed E-state index contributed by atoms with van der Waals surface area (Å²) in [5.41, 5.74) is 2.93. The fraction of sp³-hybridized carbons (Fsp3) is 0.412. The number of pyridine rings is 1. The van der Waals surface area contributed by atoms with Gasteiger partial charge in [-0.2, -0.15) is 13.2 Å². The fourth-order valence-corrected chi connectivity index (χ4v) is 5.20. The van der Waals surface area contributed by atoms with E-state index in [-0.39, 0.29) is 5.91 Å². The molecule has 3 aromatic rings. The maximum Gasteiger partial charge on any atom is 0.416 e. The van der Waals surface area contributed by atoms with E-state index in [1.165, 1.54) is 24.6 Å². The van der Waals surface area contributed by atoms with Crippen LogP contribution < -0.4 is 4.90 Å². The van der Waals surface area contributed by atoms with Gasteiger partial charge in [0.15, 0.2) is 0 Å². The standard InChI is InChI=1S/C34H41F3N4O/c1-26(2)16-21-40-22-17-29(18-23-40)25-41(33(42)13-8-27-4-9-30(10-5-27)34(35,36)37)24-28-6-11-31(12-7-28)39(3)32-14-19-38-20-15-32/h4-15,19-20,26,29H,16-18,21-25H2,1-3H3/b13-8+. The van der Waals surface area contributed by atoms with E-state index in [0.29, 0.717) is 30.5 Å². The van der Waals surface area contributed by atoms with Crippen LogP contribution in [-0.2, 0) is 17.5 Å². The molecule has 224 valence electrons. The average molecular weight is 579 g/mol. The SMILES string of the molecule is CC(C)CCN1CCC(CN(Cc2ccc(N(C)c3ccncc3)cc2)C(=O)/C=C/c2ccc(C(F)(F)F)cc2)CC1. The van der Waals surface area contributed by atoms with Crippen LogP contribution in [0.25, 0.3) is 6.08 Å². The molecule has 0 radical (unpaired) electrons. The van der Waals surface area contributed by atoms with E-state index >= 15 is 0 Å². The minimum atomic E-state index is -4.39. The highest BCUT2D eigenvalue weighted by molar-refractivity contribution is 5.91. The minimum Gasteiger partial charge on any atom is -0.345 e. The molecule has 4 rings (SSSR count). The van der Waals surface area contributed by atoms with Gasteiger partial charge >= 0.3 is 6.18 Å². The van der Waals surface area contributed by atoms with Gasteiger partial charge in [0.2, 0.25) is 5.91 Å². The molecule has 0 aliphatic carbocycles. The van der Waals surface area contributed by atoms with Crippen LogP contribution in [0.1, 0.15) is 49.8 Å². The molecule has 0 atom stereocenters. The second-order valence-electron chi connectivity index (χ2n) is 11.6. The number of halogens is 3. The quantitative estimate of drug-likeness (QED) is 0.219. The second kappa shape index (κ2) is 14.5. The van der Waals surface area contributed by atoms with Crippen molar-refractivity contribution in [2.75, 3.05) is 38.1 Å². The highest BCUT2D eigenvalue weighted by Crippen LogP contribution is 2.29. The number of carbonyl (C=O) groups is 1. The summed E-state index contributed by atoms with van der Waals surface area (Å²) in [6.07, 6.45) is 5.48. The highest BCUT2D eigenvalue weighted by atomic mass is 19.4. The third-order valence-electron chi connectivity index (χ3n) is 7.92. The zero-order valence-corrected chi connectivity index (χ0v) is 24.7. The van der Waals surface area contributed by atoms with Crippen molar-refractivity contribution in [2.45, 2.75) is 45.8 Å². The average Bonchev–Trinajstić information content (AvgIpc) is 2.99. The summed E-state index contributed by atoms with van der Waals surface area (Å²) in [7, 11) is 2.00. The van der Waals surface area contributed by atoms with Crippen molar-refractivity contribution in [2.24, 2.45) is 11.8 Å². The van der Waals surface area contributed by atoms with Crippen molar-refractivity contribution in [1.29, 1.82) is 0 Å². The number of rotatable bonds is 11. The summed E-state index contributed by atoms with van der Waals surface area (Å²) < 4.78 is 38.8. The van der Waals surface area contributed by atoms with Crippen LogP contribution in [0.15, 0.2) is 79.1 Å². The molecule has 1 amide bonds. The van der Waals surface area contributed by atoms with E-state index in [2.05, 4.69) is 28.6 Å². The Morgan fingerprint density at radius 2 is 1.60 bits per heavy atom. The van der Waals surface area contributed by atoms with Gasteiger partial charge in [-0.3, -0.25) is 9.78 Å². The number of carbonyl (C=O) groups excluding carboxylic acids is 1. The van der Waals surface area contributed by atoms with Crippen molar-refractivity contribution >= 4 is 23.4 Å². The van der Waals surface area contributed by atoms with Gasteiger partial charge in [-0.1, -0.05) is 38.1 Å². The molecule has 0 spiro atoms. The Bertz CT molecular complexity index is 1280. The summed E-state index contributed by atoms with van der Waals surface area (Å²) in [6.45, 7) is 8.79. The van der Waals surface area contributed by atoms with Crippen LogP contribution in [-0.4, -0.2) is 53.9 Å². The van der Waals surface area contributed by atoms with E-state index < -0.39 is 11.7 Å². The molecule has 0 bridgehead atoms. The van der Waals surface area contributed by atoms with Crippen molar-refractivity contribution < 1.29 is 18.0 Å². The Kier molecular flexibility index (Phi) is 10.8. The fourth-order valence-electron chi connectivity index (χ4n) is 5.20. The second-order valence-corrected chi connectivity index (χ2v) is 11.6. The van der Waals surface area contributed by atoms with Crippen LogP contribution in [0.2, 0.25) is 0 Å². The maximum atomic E-state index is 13.5. The number of hydrogen-bond acceptors (Lipinski definition) is 4. The van der Waals surface area contributed by atoms with Crippen LogP contribution >= 0.6 is 0 Å². The van der Waals surface area contributed by atoms with Crippen molar-refractivity contribution in [3.63, 3.8) is 0 Å². The number of aromatic nitrogens is 1. The summed E-state index contributed by atoms with van der Waals surface area (Å²) in [5, 5.41) is 0. The number of likely N-dealkylation sites (tertiary alicyclic amines) is 1. The van der Waals surface area contributed by atoms with Crippen molar-refractivity contribution in [3.8, 4) is 0 Å². The smallest absolute Gasteiger partial charge is 0.345 e. The summed E-state index contributed by atoms with van der Waals surface area (Å²) in [5.74, 6) is 0.944. The van der Waals surface area contributed by atoms with Gasteiger partial charge in [-0.15, -0.1) is 0 Å². The topological polar surface area (TPSA) is 39.7 Å². The molecule has 1 aromatic heterocycles. The van der Waals surface area contributed by atoms with Gasteiger partial charge in [0.1, 0.15) is 0 Å². The van der Waals surface area contributed by atoms with E-state index in [1.54, 1.807) is 18.5 Å². The third kappa shape index (κ3) is 9.18. The number of piperidine rings is 1. The first-order valence-electron chi connectivity index (χ1n) is 14.7. The van der Waals surface area contributed by atoms with Gasteiger partial charge in [0.05, 0.1) is 5.56 Å². The van der Waals surface area contributed by atoms with Crippen molar-refractivity contribution in [1.82, 2.24) is 14.8 Å². The molecule has 1 saturated heterocycles. The molecule has 1 fully saturated rings. The molecular weight excluding hydrogens is 537 g/mol. The van der Waals surface area contributed by atoms with Gasteiger partial charge in [0.25, 0.3) is 0 Å². The van der Waals surface area contributed by atoms with E-state index in [1.807, 2.05) is 48.3 Å². The molecule has 1 aliphatic heterocycles. The molecule has 0 N–H and O–H groups in total. The molecule has 2 aromatic carbocycles. The zero-order chi connectivity index (χ0) is 30.1. The van der Waals surface area contributed by atoms with E-state index in [9.17, 15) is 18.0 Å². The number of hydrogen-bond donors (Lipinski definition) is 0. The zero-order valence-electron chi connectivity index (χ0n) is 24.7. The Morgan fingerprint density at radius 3 is 2.19 bits per heavy atom. The Labute approximate surface area is 247 Å². The lowest BCUT2D eigenvalue weighted by molar-refractivity contribution is -0.137. The molecule has 2 heterocycles. The summed E-state index contributed by atoms with van der Waals surface area (Å²) in [6, 6.07) is 16.9. The minimum absolute atomic E-state index is 0.143. The van der Waals surface area contributed by atoms with Crippen LogP contribution in [0.5, 0.6) is 0 Å². The molecule has 42 heavy (non-hydrogen) atoms. The Morgan fingerprint density at radius 1 is 0.976 bits per heavy atom. The predicted molar refractivity (Wildman–Crippen MR) is 163 cm³/mol. The molecular formula is C34H41F3N4O. The largest absolute Gasteiger partial charge is 0.416 e. The van der Waals surface area contributed by atoms with E-state index in [0.717, 1.165) is 61.5 Å². The summed E-state index contributed by atoms with van der Waals surface area (Å²) >= 11 is 0. The lowest BCUT2D eigenvalue weighted by Gasteiger charge is -2.35. The first-order valence-corrected chi connectivity index (χ1v) is 14.7. The summed E-state index contributed by atoms with van der Waals surface area (Å²) in [4.78, 5) is 24.0. The third-order valence-corrected chi connectivity index (χ3v) is 7.92. The lowest BCUT2D eigenvalue weighted by Crippen LogP contribution is -2.40. The molecule has 0 saturated carbocycles. The molecule has 1 aliphatic rings. The number of alkyl halides is 3. The van der Waals surface area contributed by atoms with E-state index in [4.69, 9.17) is 0 Å². The molecule has 8 heteroatoms. The first-order chi connectivity index (χ1) is 20.1. The lowest BCUT2D eigenvalue weighted by atomic mass is 9.95. The Hall–Kier alpha value is -3.65. The molecule has 5 nitrogen and oxygen atoms in total. The number of benzene rings is 2. The van der Waals surface area contributed by atoms with Gasteiger partial charge in [-0.25, -0.2) is 0 Å². The molecule has 0 unspecified atom stereocenters. The Balaban J connectivity index is 1.44. The predicted octanol–water partition coefficient (Wildman–Crippen LogP) is 7.67. The highest BCUT2D eigenvalue weighted by Gasteiger charge is 2.30. The van der Waals surface area contributed by atoms with Gasteiger partial charge < -0.3 is 14.7 Å². The normalized spacial score (nSPS) is 14.9. The maximum absolute atomic E-state index is 13.5. The number of nitrogens with zero attached hydrogens (tertiary/aromatic N) is 4. The van der Waals surface area contributed by atoms with Crippen LogP contribution in [0.3, 0.4) is 0 Å². The first kappa shape index (κ1) is 31.3. The van der Waals surface area contributed by atoms with Crippen LogP contribution in [0.4, 0.5) is 24.5 Å². The number of amides is 1. The van der Waals surface area contributed by atoms with Crippen LogP contribution in [0, 0.1) is 11.8 Å².